The van der Waals surface area contributed by atoms with Crippen LogP contribution in [-0.2, 0) is 51.2 Å². The molecule has 3 aromatic carbocycles. The number of aliphatic carboxylic acids is 2. The zero-order valence-corrected chi connectivity index (χ0v) is 42.2. The second-order valence-corrected chi connectivity index (χ2v) is 19.0. The van der Waals surface area contributed by atoms with E-state index < -0.39 is 102 Å². The number of carboxylic acid groups (broad SMARTS) is 2. The van der Waals surface area contributed by atoms with Crippen molar-refractivity contribution in [2.45, 2.75) is 136 Å². The van der Waals surface area contributed by atoms with Gasteiger partial charge in [-0.2, -0.15) is 0 Å². The van der Waals surface area contributed by atoms with E-state index in [1.807, 2.05) is 19.1 Å². The van der Waals surface area contributed by atoms with E-state index in [-0.39, 0.29) is 70.6 Å². The lowest BCUT2D eigenvalue weighted by molar-refractivity contribution is -0.141. The molecule has 0 bridgehead atoms. The summed E-state index contributed by atoms with van der Waals surface area (Å²) in [6, 6.07) is 16.6. The summed E-state index contributed by atoms with van der Waals surface area (Å²) in [5.41, 5.74) is 14.2. The Labute approximate surface area is 438 Å². The average Bonchev–Trinajstić information content (AvgIpc) is 3.35. The third-order valence-corrected chi connectivity index (χ3v) is 13.3. The van der Waals surface area contributed by atoms with Gasteiger partial charge in [-0.25, -0.2) is 9.59 Å². The van der Waals surface area contributed by atoms with Crippen LogP contribution in [0.4, 0.5) is 21.0 Å². The largest absolute Gasteiger partial charge is 0.497 e. The predicted octanol–water partition coefficient (Wildman–Crippen LogP) is 6.40. The Hall–Kier alpha value is -7.64. The van der Waals surface area contributed by atoms with Gasteiger partial charge in [-0.05, 0) is 105 Å². The first kappa shape index (κ1) is 61.7. The van der Waals surface area contributed by atoms with Gasteiger partial charge in [0.05, 0.1) is 25.6 Å². The normalized spacial score (nSPS) is 14.2. The maximum Gasteiger partial charge on any atom is 0.323 e. The number of ether oxygens (including phenoxy) is 1. The first-order valence-electron chi connectivity index (χ1n) is 25.1. The maximum atomic E-state index is 14.5. The number of carbonyl (C=O) groups is 10. The molecule has 0 spiro atoms. The van der Waals surface area contributed by atoms with Gasteiger partial charge >= 0.3 is 24.0 Å². The molecule has 1 aliphatic carbocycles. The summed E-state index contributed by atoms with van der Waals surface area (Å²) >= 11 is 0. The van der Waals surface area contributed by atoms with Crippen molar-refractivity contribution in [2.75, 3.05) is 24.3 Å². The van der Waals surface area contributed by atoms with Gasteiger partial charge in [0.1, 0.15) is 11.5 Å². The lowest BCUT2D eigenvalue weighted by Crippen LogP contribution is -2.49. The zero-order chi connectivity index (χ0) is 54.2. The molecule has 75 heavy (non-hydrogen) atoms. The van der Waals surface area contributed by atoms with Gasteiger partial charge in [0.2, 0.25) is 17.7 Å². The van der Waals surface area contributed by atoms with Crippen molar-refractivity contribution in [2.24, 2.45) is 35.1 Å². The van der Waals surface area contributed by atoms with Crippen molar-refractivity contribution >= 4 is 70.4 Å². The lowest BCUT2D eigenvalue weighted by atomic mass is 9.76. The Morgan fingerprint density at radius 2 is 1.31 bits per heavy atom. The van der Waals surface area contributed by atoms with Crippen molar-refractivity contribution in [1.29, 1.82) is 0 Å². The van der Waals surface area contributed by atoms with Gasteiger partial charge in [0, 0.05) is 67.8 Å². The molecule has 1 fully saturated rings. The summed E-state index contributed by atoms with van der Waals surface area (Å²) in [4.78, 5) is 131. The number of benzene rings is 3. The molecule has 0 radical (unpaired) electrons. The second kappa shape index (κ2) is 31.8. The number of Topliss-reactive ketones (excluding diaryl/α,β-unsaturated/α-hetero) is 3. The Morgan fingerprint density at radius 1 is 0.667 bits per heavy atom. The van der Waals surface area contributed by atoms with E-state index >= 15 is 0 Å². The first-order chi connectivity index (χ1) is 35.3. The van der Waals surface area contributed by atoms with Crippen LogP contribution < -0.4 is 42.8 Å². The van der Waals surface area contributed by atoms with E-state index in [9.17, 15) is 58.2 Å². The molecule has 7 amide bonds. The van der Waals surface area contributed by atoms with Crippen molar-refractivity contribution in [3.63, 3.8) is 0 Å². The lowest BCUT2D eigenvalue weighted by Gasteiger charge is -2.31. The number of carbonyl (C=O) groups excluding carboxylic acids is 8. The highest BCUT2D eigenvalue weighted by molar-refractivity contribution is 6.00. The number of para-hydroxylation sites is 1. The smallest absolute Gasteiger partial charge is 0.323 e. The molecular weight excluding hydrogens is 967 g/mol. The Balaban J connectivity index is 0.0000148. The monoisotopic (exact) mass is 1040 g/mol. The van der Waals surface area contributed by atoms with Crippen molar-refractivity contribution < 1.29 is 62.9 Å². The number of primary amides is 2. The van der Waals surface area contributed by atoms with Gasteiger partial charge in [-0.15, -0.1) is 0 Å². The van der Waals surface area contributed by atoms with Crippen LogP contribution in [0.25, 0.3) is 0 Å². The highest BCUT2D eigenvalue weighted by atomic mass is 16.5. The van der Waals surface area contributed by atoms with Crippen molar-refractivity contribution in [3.05, 3.63) is 89.5 Å². The first-order valence-corrected chi connectivity index (χ1v) is 25.1. The molecule has 20 heteroatoms. The number of methoxy groups -OCH3 is 1. The van der Waals surface area contributed by atoms with Crippen LogP contribution >= 0.6 is 0 Å². The average molecular weight is 1040 g/mol. The van der Waals surface area contributed by atoms with Crippen LogP contribution in [0.2, 0.25) is 0 Å². The summed E-state index contributed by atoms with van der Waals surface area (Å²) in [6.07, 6.45) is 1.91. The molecule has 3 aromatic rings. The molecule has 1 saturated carbocycles. The predicted molar refractivity (Wildman–Crippen MR) is 282 cm³/mol. The number of amides is 7. The van der Waals surface area contributed by atoms with E-state index in [2.05, 4.69) is 26.6 Å². The van der Waals surface area contributed by atoms with Crippen molar-refractivity contribution in [3.8, 4) is 5.75 Å². The standard InChI is InChI=1S/C54H71N7O13.CH4/c1-33-11-6-7-15-43(33)61-54(73)58-39-22-18-35(19-23-39)28-40(62)29-37(14-8-9-26-57-53(56)72)51(70)59-44(16-10-17-48(65)66)47(64)31-42(36-12-4-3-5-13-36)52(71)60-45(32-49(67)68)46(63)30-38(50(55)69)27-34-20-24-41(74-2)25-21-34;/h6-7,11,15,18-25,36-38,42,44-45H,3-5,8-10,12-14,16-17,26-32H2,1-2H3,(H2,55,69)(H,59,70)(H,60,71)(H,65,66)(H,67,68)(H3,56,57,72)(H2,58,61,73);1H4/t37-,38+,42-,44+,45+;/m1./s1. The van der Waals surface area contributed by atoms with E-state index in [0.29, 0.717) is 53.9 Å². The van der Waals surface area contributed by atoms with E-state index in [1.54, 1.807) is 60.7 Å². The zero-order valence-electron chi connectivity index (χ0n) is 42.2. The topological polar surface area (TPSA) is 333 Å². The molecule has 11 N–H and O–H groups in total. The molecular formula is C55H75N7O13. The molecule has 1 aliphatic rings. The van der Waals surface area contributed by atoms with Crippen LogP contribution in [0.15, 0.2) is 72.8 Å². The molecule has 0 saturated heterocycles. The highest BCUT2D eigenvalue weighted by Gasteiger charge is 2.37. The second-order valence-electron chi connectivity index (χ2n) is 19.0. The van der Waals surface area contributed by atoms with Crippen molar-refractivity contribution in [1.82, 2.24) is 16.0 Å². The number of aryl methyl sites for hydroxylation is 1. The van der Waals surface area contributed by atoms with Crippen LogP contribution in [-0.4, -0.2) is 95.0 Å². The molecule has 408 valence electrons. The molecule has 4 rings (SSSR count). The number of hydrogen-bond donors (Lipinski definition) is 9. The summed E-state index contributed by atoms with van der Waals surface area (Å²) < 4.78 is 5.18. The van der Waals surface area contributed by atoms with Gasteiger partial charge in [-0.3, -0.25) is 38.4 Å². The van der Waals surface area contributed by atoms with Crippen LogP contribution in [0.5, 0.6) is 5.75 Å². The Kier molecular flexibility index (Phi) is 26.2. The Morgan fingerprint density at radius 3 is 1.92 bits per heavy atom. The minimum atomic E-state index is -1.58. The quantitative estimate of drug-likeness (QED) is 0.0306. The third-order valence-electron chi connectivity index (χ3n) is 13.3. The van der Waals surface area contributed by atoms with Gasteiger partial charge in [0.15, 0.2) is 11.6 Å². The van der Waals surface area contributed by atoms with Crippen LogP contribution in [0, 0.1) is 30.6 Å². The van der Waals surface area contributed by atoms with Gasteiger partial charge in [-0.1, -0.05) is 75.6 Å². The van der Waals surface area contributed by atoms with Crippen LogP contribution in [0.3, 0.4) is 0 Å². The Bertz CT molecular complexity index is 2420. The molecule has 20 nitrogen and oxygen atoms in total. The highest BCUT2D eigenvalue weighted by Crippen LogP contribution is 2.33. The van der Waals surface area contributed by atoms with E-state index in [1.165, 1.54) is 7.11 Å². The fraction of sp³-hybridized carbons (Fsp3) is 0.491. The summed E-state index contributed by atoms with van der Waals surface area (Å²) in [5.74, 6) is -9.28. The number of urea groups is 2. The molecule has 0 aliphatic heterocycles. The third kappa shape index (κ3) is 22.2. The van der Waals surface area contributed by atoms with Gasteiger partial charge in [0.25, 0.3) is 0 Å². The van der Waals surface area contributed by atoms with E-state index in [4.69, 9.17) is 16.2 Å². The fourth-order valence-corrected chi connectivity index (χ4v) is 9.16. The maximum absolute atomic E-state index is 14.5. The number of rotatable bonds is 32. The summed E-state index contributed by atoms with van der Waals surface area (Å²) in [7, 11) is 1.49. The molecule has 0 heterocycles. The number of anilines is 2. The fourth-order valence-electron chi connectivity index (χ4n) is 9.16. The number of unbranched alkanes of at least 4 members (excludes halogenated alkanes) is 1. The summed E-state index contributed by atoms with van der Waals surface area (Å²) in [6.45, 7) is 2.07. The number of ketones is 3. The summed E-state index contributed by atoms with van der Waals surface area (Å²) in [5, 5.41) is 32.7. The molecule has 0 unspecified atom stereocenters. The molecule has 5 atom stereocenters. The number of hydrogen-bond acceptors (Lipinski definition) is 11. The van der Waals surface area contributed by atoms with Crippen LogP contribution in [0.1, 0.15) is 120 Å². The molecule has 0 aromatic heterocycles. The minimum Gasteiger partial charge on any atom is -0.497 e. The minimum absolute atomic E-state index is 0. The number of nitrogens with one attached hydrogen (secondary N) is 5. The number of nitrogens with two attached hydrogens (primary N) is 2. The number of carboxylic acids is 2. The van der Waals surface area contributed by atoms with Gasteiger partial charge < -0.3 is 53.0 Å². The SMILES string of the molecule is C.COc1ccc(C[C@@H](CC(=O)[C@H](CC(=O)O)NC(=O)[C@H](CC(=O)[C@H](CCCC(=O)O)NC(=O)[C@H](CCCCNC(N)=O)CC(=O)Cc2ccc(NC(=O)Nc3ccccc3C)cc2)C2CCCCC2)C(N)=O)cc1. The van der Waals surface area contributed by atoms with E-state index in [0.717, 1.165) is 24.8 Å².